The third-order valence-electron chi connectivity index (χ3n) is 3.12. The number of ether oxygens (including phenoxy) is 1. The summed E-state index contributed by atoms with van der Waals surface area (Å²) in [6.07, 6.45) is 1.44. The van der Waals surface area contributed by atoms with Gasteiger partial charge < -0.3 is 10.5 Å². The summed E-state index contributed by atoms with van der Waals surface area (Å²) in [6.45, 7) is 2.68. The third kappa shape index (κ3) is 3.05. The van der Waals surface area contributed by atoms with Crippen molar-refractivity contribution in [3.05, 3.63) is 24.0 Å². The normalized spacial score (nSPS) is 24.3. The smallest absolute Gasteiger partial charge is 0.243 e. The summed E-state index contributed by atoms with van der Waals surface area (Å²) < 4.78 is 45.7. The molecule has 0 radical (unpaired) electrons. The van der Waals surface area contributed by atoms with Crippen LogP contribution in [0.25, 0.3) is 0 Å². The van der Waals surface area contributed by atoms with E-state index in [4.69, 9.17) is 10.5 Å². The lowest BCUT2D eigenvalue weighted by atomic mass is 9.97. The second-order valence-electron chi connectivity index (χ2n) is 4.97. The number of nitrogens with two attached hydrogens (primary N) is 1. The first-order chi connectivity index (χ1) is 8.84. The van der Waals surface area contributed by atoms with Crippen molar-refractivity contribution in [2.45, 2.75) is 30.2 Å². The Balaban J connectivity index is 2.30. The molecule has 5 nitrogen and oxygen atoms in total. The lowest BCUT2D eigenvalue weighted by molar-refractivity contribution is 0.0386. The molecule has 7 heteroatoms. The Morgan fingerprint density at radius 3 is 2.84 bits per heavy atom. The van der Waals surface area contributed by atoms with Gasteiger partial charge in [-0.05, 0) is 31.9 Å². The van der Waals surface area contributed by atoms with Gasteiger partial charge in [-0.2, -0.15) is 0 Å². The Hall–Kier alpha value is -1.18. The molecule has 0 aliphatic carbocycles. The molecule has 1 fully saturated rings. The van der Waals surface area contributed by atoms with Crippen LogP contribution in [0.1, 0.15) is 19.8 Å². The Morgan fingerprint density at radius 1 is 1.47 bits per heavy atom. The molecule has 0 saturated carbocycles. The summed E-state index contributed by atoms with van der Waals surface area (Å²) >= 11 is 0. The molecule has 106 valence electrons. The zero-order chi connectivity index (χ0) is 14.1. The molecular weight excluding hydrogens is 271 g/mol. The molecule has 1 aliphatic heterocycles. The van der Waals surface area contributed by atoms with Crippen LogP contribution in [0.4, 0.5) is 10.1 Å². The molecule has 0 spiro atoms. The highest BCUT2D eigenvalue weighted by molar-refractivity contribution is 7.89. The fraction of sp³-hybridized carbons (Fsp3) is 0.500. The zero-order valence-electron chi connectivity index (χ0n) is 10.6. The number of rotatable bonds is 3. The SMILES string of the molecule is CC1(NS(=O)(=O)c2cccc(F)c2N)CCCOC1. The van der Waals surface area contributed by atoms with Gasteiger partial charge in [0, 0.05) is 6.61 Å². The lowest BCUT2D eigenvalue weighted by Crippen LogP contribution is -2.51. The summed E-state index contributed by atoms with van der Waals surface area (Å²) in [5.74, 6) is -0.743. The van der Waals surface area contributed by atoms with Crippen LogP contribution in [-0.2, 0) is 14.8 Å². The van der Waals surface area contributed by atoms with Crippen LogP contribution in [-0.4, -0.2) is 27.2 Å². The standard InChI is InChI=1S/C12H17FN2O3S/c1-12(6-3-7-18-8-12)15-19(16,17)10-5-2-4-9(13)11(10)14/h2,4-5,15H,3,6-8,14H2,1H3. The van der Waals surface area contributed by atoms with E-state index in [0.29, 0.717) is 19.6 Å². The summed E-state index contributed by atoms with van der Waals surface area (Å²) in [6, 6.07) is 3.73. The Labute approximate surface area is 112 Å². The quantitative estimate of drug-likeness (QED) is 0.820. The van der Waals surface area contributed by atoms with Gasteiger partial charge in [0.15, 0.2) is 0 Å². The van der Waals surface area contributed by atoms with Crippen LogP contribution in [0.5, 0.6) is 0 Å². The number of anilines is 1. The average molecular weight is 288 g/mol. The molecule has 1 aromatic rings. The minimum Gasteiger partial charge on any atom is -0.395 e. The van der Waals surface area contributed by atoms with Crippen LogP contribution < -0.4 is 10.5 Å². The van der Waals surface area contributed by atoms with Crippen LogP contribution in [0.3, 0.4) is 0 Å². The van der Waals surface area contributed by atoms with Crippen LogP contribution in [0.2, 0.25) is 0 Å². The number of hydrogen-bond acceptors (Lipinski definition) is 4. The number of halogens is 1. The largest absolute Gasteiger partial charge is 0.395 e. The Morgan fingerprint density at radius 2 is 2.21 bits per heavy atom. The lowest BCUT2D eigenvalue weighted by Gasteiger charge is -2.33. The van der Waals surface area contributed by atoms with Crippen molar-refractivity contribution in [3.63, 3.8) is 0 Å². The number of para-hydroxylation sites is 1. The minimum absolute atomic E-state index is 0.237. The van der Waals surface area contributed by atoms with E-state index in [9.17, 15) is 12.8 Å². The molecule has 1 aromatic carbocycles. The van der Waals surface area contributed by atoms with E-state index < -0.39 is 21.4 Å². The predicted octanol–water partition coefficient (Wildman–Crippen LogP) is 1.26. The highest BCUT2D eigenvalue weighted by Crippen LogP contribution is 2.25. The van der Waals surface area contributed by atoms with Crippen molar-refractivity contribution in [1.82, 2.24) is 4.72 Å². The summed E-state index contributed by atoms with van der Waals surface area (Å²) in [4.78, 5) is -0.237. The molecule has 0 bridgehead atoms. The van der Waals surface area contributed by atoms with Crippen LogP contribution in [0, 0.1) is 5.82 Å². The van der Waals surface area contributed by atoms with Crippen molar-refractivity contribution in [2.24, 2.45) is 0 Å². The molecule has 0 aromatic heterocycles. The molecule has 1 saturated heterocycles. The highest BCUT2D eigenvalue weighted by Gasteiger charge is 2.33. The van der Waals surface area contributed by atoms with Crippen molar-refractivity contribution in [3.8, 4) is 0 Å². The minimum atomic E-state index is -3.87. The maximum atomic E-state index is 13.3. The molecular formula is C12H17FN2O3S. The third-order valence-corrected chi connectivity index (χ3v) is 4.82. The molecule has 0 amide bonds. The first kappa shape index (κ1) is 14.2. The van der Waals surface area contributed by atoms with E-state index in [-0.39, 0.29) is 10.6 Å². The molecule has 19 heavy (non-hydrogen) atoms. The Bertz CT molecular complexity index is 568. The van der Waals surface area contributed by atoms with Gasteiger partial charge in [0.2, 0.25) is 10.0 Å². The van der Waals surface area contributed by atoms with E-state index in [1.807, 2.05) is 0 Å². The van der Waals surface area contributed by atoms with E-state index in [1.54, 1.807) is 6.92 Å². The van der Waals surface area contributed by atoms with Gasteiger partial charge in [-0.15, -0.1) is 0 Å². The number of benzene rings is 1. The van der Waals surface area contributed by atoms with Gasteiger partial charge >= 0.3 is 0 Å². The second-order valence-corrected chi connectivity index (χ2v) is 6.62. The average Bonchev–Trinajstić information content (AvgIpc) is 2.32. The van der Waals surface area contributed by atoms with Crippen molar-refractivity contribution >= 4 is 15.7 Å². The summed E-state index contributed by atoms with van der Waals surface area (Å²) in [7, 11) is -3.87. The maximum absolute atomic E-state index is 13.3. The number of hydrogen-bond donors (Lipinski definition) is 2. The van der Waals surface area contributed by atoms with Gasteiger partial charge in [-0.3, -0.25) is 0 Å². The van der Waals surface area contributed by atoms with Crippen molar-refractivity contribution < 1.29 is 17.5 Å². The number of sulfonamides is 1. The topological polar surface area (TPSA) is 81.4 Å². The van der Waals surface area contributed by atoms with Gasteiger partial charge in [-0.1, -0.05) is 6.07 Å². The van der Waals surface area contributed by atoms with Gasteiger partial charge in [0.05, 0.1) is 17.8 Å². The van der Waals surface area contributed by atoms with Gasteiger partial charge in [0.25, 0.3) is 0 Å². The summed E-state index contributed by atoms with van der Waals surface area (Å²) in [5, 5.41) is 0. The Kier molecular flexibility index (Phi) is 3.80. The van der Waals surface area contributed by atoms with E-state index >= 15 is 0 Å². The molecule has 1 unspecified atom stereocenters. The van der Waals surface area contributed by atoms with E-state index in [0.717, 1.165) is 12.5 Å². The van der Waals surface area contributed by atoms with E-state index in [2.05, 4.69) is 4.72 Å². The first-order valence-electron chi connectivity index (χ1n) is 6.00. The molecule has 1 heterocycles. The predicted molar refractivity (Wildman–Crippen MR) is 69.6 cm³/mol. The van der Waals surface area contributed by atoms with Crippen molar-refractivity contribution in [1.29, 1.82) is 0 Å². The number of nitrogen functional groups attached to an aromatic ring is 1. The highest BCUT2D eigenvalue weighted by atomic mass is 32.2. The summed E-state index contributed by atoms with van der Waals surface area (Å²) in [5.41, 5.74) is 4.44. The molecule has 1 atom stereocenters. The van der Waals surface area contributed by atoms with Crippen molar-refractivity contribution in [2.75, 3.05) is 18.9 Å². The molecule has 2 rings (SSSR count). The fourth-order valence-corrected chi connectivity index (χ4v) is 3.71. The monoisotopic (exact) mass is 288 g/mol. The number of nitrogens with one attached hydrogen (secondary N) is 1. The molecule has 1 aliphatic rings. The first-order valence-corrected chi connectivity index (χ1v) is 7.48. The van der Waals surface area contributed by atoms with Crippen LogP contribution in [0.15, 0.2) is 23.1 Å². The fourth-order valence-electron chi connectivity index (χ4n) is 2.15. The van der Waals surface area contributed by atoms with Gasteiger partial charge in [-0.25, -0.2) is 17.5 Å². The van der Waals surface area contributed by atoms with E-state index in [1.165, 1.54) is 12.1 Å². The van der Waals surface area contributed by atoms with Gasteiger partial charge in [0.1, 0.15) is 10.7 Å². The van der Waals surface area contributed by atoms with Crippen LogP contribution >= 0.6 is 0 Å². The molecule has 3 N–H and O–H groups in total. The maximum Gasteiger partial charge on any atom is 0.243 e. The zero-order valence-corrected chi connectivity index (χ0v) is 11.5. The second kappa shape index (κ2) is 5.07.